The van der Waals surface area contributed by atoms with Crippen LogP contribution >= 0.6 is 0 Å². The van der Waals surface area contributed by atoms with E-state index in [1.165, 1.54) is 0 Å². The smallest absolute Gasteiger partial charge is 0.226 e. The number of sulfone groups is 1. The van der Waals surface area contributed by atoms with E-state index < -0.39 is 9.84 Å². The second-order valence-corrected chi connectivity index (χ2v) is 9.09. The first kappa shape index (κ1) is 20.9. The summed E-state index contributed by atoms with van der Waals surface area (Å²) in [5.41, 5.74) is 2.32. The number of ether oxygens (including phenoxy) is 1. The molecule has 157 valence electrons. The first-order chi connectivity index (χ1) is 15.0. The van der Waals surface area contributed by atoms with Crippen LogP contribution in [-0.2, 0) is 22.0 Å². The second kappa shape index (κ2) is 9.18. The van der Waals surface area contributed by atoms with E-state index in [4.69, 9.17) is 9.15 Å². The van der Waals surface area contributed by atoms with Crippen LogP contribution < -0.4 is 4.74 Å². The van der Waals surface area contributed by atoms with E-state index in [-0.39, 0.29) is 5.75 Å². The number of hydrogen-bond donors (Lipinski definition) is 0. The molecule has 0 saturated carbocycles. The fraction of sp³-hybridized carbons (Fsp3) is 0.160. The van der Waals surface area contributed by atoms with Crippen molar-refractivity contribution >= 4 is 9.84 Å². The molecule has 5 nitrogen and oxygen atoms in total. The normalized spacial score (nSPS) is 11.4. The summed E-state index contributed by atoms with van der Waals surface area (Å²) in [6, 6.07) is 26.5. The Morgan fingerprint density at radius 1 is 0.935 bits per heavy atom. The minimum Gasteiger partial charge on any atom is -0.493 e. The van der Waals surface area contributed by atoms with Gasteiger partial charge in [0, 0.05) is 18.1 Å². The third-order valence-electron chi connectivity index (χ3n) is 4.79. The predicted octanol–water partition coefficient (Wildman–Crippen LogP) is 5.05. The zero-order chi connectivity index (χ0) is 21.7. The molecule has 0 N–H and O–H groups in total. The summed E-state index contributed by atoms with van der Waals surface area (Å²) < 4.78 is 36.8. The van der Waals surface area contributed by atoms with Gasteiger partial charge in [0.1, 0.15) is 11.5 Å². The number of aryl methyl sites for hydroxylation is 1. The molecule has 0 aliphatic carbocycles. The van der Waals surface area contributed by atoms with Gasteiger partial charge >= 0.3 is 0 Å². The molecule has 0 saturated heterocycles. The standard InChI is InChI=1S/C25H22NO4S/c1-19-24(26-25(30-19)21-10-4-2-5-11-21)15-16-29-22-12-8-9-20(17-22)18-31(27,28)23-13-6-3-7-14-23/h2-14H,15-16,18H2,1H3. The fourth-order valence-corrected chi connectivity index (χ4v) is 4.52. The van der Waals surface area contributed by atoms with E-state index in [1.54, 1.807) is 48.5 Å². The molecule has 0 aliphatic rings. The summed E-state index contributed by atoms with van der Waals surface area (Å²) in [4.78, 5) is 4.87. The minimum atomic E-state index is -3.43. The van der Waals surface area contributed by atoms with Crippen molar-refractivity contribution in [3.8, 4) is 17.2 Å². The van der Waals surface area contributed by atoms with Crippen LogP contribution in [0.1, 0.15) is 17.0 Å². The van der Waals surface area contributed by atoms with Crippen molar-refractivity contribution in [2.45, 2.75) is 24.0 Å². The van der Waals surface area contributed by atoms with Gasteiger partial charge < -0.3 is 9.15 Å². The van der Waals surface area contributed by atoms with E-state index in [1.807, 2.05) is 37.3 Å². The lowest BCUT2D eigenvalue weighted by Crippen LogP contribution is -2.06. The van der Waals surface area contributed by atoms with Gasteiger partial charge in [-0.25, -0.2) is 13.4 Å². The topological polar surface area (TPSA) is 69.4 Å². The molecule has 1 radical (unpaired) electrons. The number of rotatable bonds is 8. The van der Waals surface area contributed by atoms with Crippen molar-refractivity contribution in [3.05, 3.63) is 102 Å². The fourth-order valence-electron chi connectivity index (χ4n) is 3.20. The number of hydrogen-bond acceptors (Lipinski definition) is 5. The predicted molar refractivity (Wildman–Crippen MR) is 118 cm³/mol. The van der Waals surface area contributed by atoms with E-state index in [2.05, 4.69) is 11.1 Å². The van der Waals surface area contributed by atoms with E-state index in [0.29, 0.717) is 35.1 Å². The highest BCUT2D eigenvalue weighted by molar-refractivity contribution is 7.90. The summed E-state index contributed by atoms with van der Waals surface area (Å²) in [5.74, 6) is 1.73. The number of benzene rings is 3. The second-order valence-electron chi connectivity index (χ2n) is 7.10. The molecule has 3 aromatic carbocycles. The van der Waals surface area contributed by atoms with Crippen molar-refractivity contribution in [2.24, 2.45) is 0 Å². The SMILES string of the molecule is Cc1oc(-c2ccccc2)nc1CCOc1[c]c(CS(=O)(=O)c2ccccc2)ccc1. The van der Waals surface area contributed by atoms with Crippen LogP contribution in [0.3, 0.4) is 0 Å². The average molecular weight is 433 g/mol. The van der Waals surface area contributed by atoms with Crippen LogP contribution in [0.4, 0.5) is 0 Å². The van der Waals surface area contributed by atoms with Crippen LogP contribution in [0.2, 0.25) is 0 Å². The monoisotopic (exact) mass is 432 g/mol. The zero-order valence-electron chi connectivity index (χ0n) is 17.1. The highest BCUT2D eigenvalue weighted by Gasteiger charge is 2.16. The van der Waals surface area contributed by atoms with Gasteiger partial charge in [-0.1, -0.05) is 48.5 Å². The van der Waals surface area contributed by atoms with E-state index in [9.17, 15) is 8.42 Å². The van der Waals surface area contributed by atoms with Crippen LogP contribution in [0.5, 0.6) is 5.75 Å². The van der Waals surface area contributed by atoms with Gasteiger partial charge in [0.05, 0.1) is 22.9 Å². The summed E-state index contributed by atoms with van der Waals surface area (Å²) in [5, 5.41) is 0. The molecule has 0 atom stereocenters. The first-order valence-corrected chi connectivity index (χ1v) is 11.6. The van der Waals surface area contributed by atoms with Crippen LogP contribution in [0, 0.1) is 13.0 Å². The molecular weight excluding hydrogens is 410 g/mol. The summed E-state index contributed by atoms with van der Waals surface area (Å²) >= 11 is 0. The Hall–Kier alpha value is -3.38. The Kier molecular flexibility index (Phi) is 6.18. The van der Waals surface area contributed by atoms with Crippen molar-refractivity contribution in [1.29, 1.82) is 0 Å². The number of oxazole rings is 1. The largest absolute Gasteiger partial charge is 0.493 e. The van der Waals surface area contributed by atoms with Crippen LogP contribution in [0.25, 0.3) is 11.5 Å². The third-order valence-corrected chi connectivity index (χ3v) is 6.47. The Balaban J connectivity index is 1.39. The zero-order valence-corrected chi connectivity index (χ0v) is 17.9. The molecular formula is C25H22NO4S. The van der Waals surface area contributed by atoms with Crippen molar-refractivity contribution in [2.75, 3.05) is 6.61 Å². The lowest BCUT2D eigenvalue weighted by atomic mass is 10.2. The highest BCUT2D eigenvalue weighted by atomic mass is 32.2. The number of aromatic nitrogens is 1. The summed E-state index contributed by atoms with van der Waals surface area (Å²) in [6.45, 7) is 2.27. The molecule has 0 fully saturated rings. The molecule has 1 aromatic heterocycles. The highest BCUT2D eigenvalue weighted by Crippen LogP contribution is 2.22. The Bertz CT molecular complexity index is 1250. The number of nitrogens with zero attached hydrogens (tertiary/aromatic N) is 1. The van der Waals surface area contributed by atoms with Gasteiger partial charge in [0.25, 0.3) is 0 Å². The van der Waals surface area contributed by atoms with Gasteiger partial charge in [0.2, 0.25) is 5.89 Å². The van der Waals surface area contributed by atoms with Crippen molar-refractivity contribution < 1.29 is 17.6 Å². The maximum absolute atomic E-state index is 12.6. The quantitative estimate of drug-likeness (QED) is 0.390. The molecule has 6 heteroatoms. The molecule has 0 spiro atoms. The molecule has 0 aliphatic heterocycles. The third kappa shape index (κ3) is 5.22. The van der Waals surface area contributed by atoms with Gasteiger partial charge in [-0.15, -0.1) is 0 Å². The molecule has 4 rings (SSSR count). The van der Waals surface area contributed by atoms with Gasteiger partial charge in [0.15, 0.2) is 9.84 Å². The van der Waals surface area contributed by atoms with Gasteiger partial charge in [-0.05, 0) is 42.8 Å². The summed E-state index contributed by atoms with van der Waals surface area (Å²) in [6.07, 6.45) is 0.572. The molecule has 0 unspecified atom stereocenters. The molecule has 0 bridgehead atoms. The van der Waals surface area contributed by atoms with Gasteiger partial charge in [-0.3, -0.25) is 0 Å². The van der Waals surface area contributed by atoms with Crippen molar-refractivity contribution in [3.63, 3.8) is 0 Å². The maximum atomic E-state index is 12.6. The first-order valence-electron chi connectivity index (χ1n) is 9.95. The van der Waals surface area contributed by atoms with Crippen LogP contribution in [0.15, 0.2) is 88.2 Å². The lowest BCUT2D eigenvalue weighted by Gasteiger charge is -2.08. The molecule has 1 heterocycles. The van der Waals surface area contributed by atoms with Crippen LogP contribution in [-0.4, -0.2) is 20.0 Å². The van der Waals surface area contributed by atoms with E-state index >= 15 is 0 Å². The van der Waals surface area contributed by atoms with Crippen molar-refractivity contribution in [1.82, 2.24) is 4.98 Å². The average Bonchev–Trinajstić information content (AvgIpc) is 3.15. The van der Waals surface area contributed by atoms with Gasteiger partial charge in [-0.2, -0.15) is 0 Å². The maximum Gasteiger partial charge on any atom is 0.226 e. The molecule has 0 amide bonds. The Labute approximate surface area is 182 Å². The molecule has 4 aromatic rings. The summed E-state index contributed by atoms with van der Waals surface area (Å²) in [7, 11) is -3.43. The molecule has 31 heavy (non-hydrogen) atoms. The van der Waals surface area contributed by atoms with E-state index in [0.717, 1.165) is 17.0 Å². The Morgan fingerprint density at radius 2 is 1.65 bits per heavy atom. The Morgan fingerprint density at radius 3 is 2.39 bits per heavy atom. The minimum absolute atomic E-state index is 0.128. The lowest BCUT2D eigenvalue weighted by molar-refractivity contribution is 0.319.